The number of aromatic nitrogens is 1. The molecule has 1 heterocycles. The molecule has 0 unspecified atom stereocenters. The molecular formula is C27H24N4O3. The maximum atomic E-state index is 12.0. The van der Waals surface area contributed by atoms with Gasteiger partial charge in [-0.2, -0.15) is 5.26 Å². The van der Waals surface area contributed by atoms with Gasteiger partial charge in [-0.15, -0.1) is 0 Å². The molecule has 0 aliphatic rings. The molecule has 3 N–H and O–H groups in total. The van der Waals surface area contributed by atoms with E-state index in [1.54, 1.807) is 24.3 Å². The van der Waals surface area contributed by atoms with Crippen molar-refractivity contribution in [1.29, 1.82) is 5.26 Å². The number of H-pyrrole nitrogens is 1. The highest BCUT2D eigenvalue weighted by atomic mass is 16.5. The van der Waals surface area contributed by atoms with Gasteiger partial charge in [-0.25, -0.2) is 0 Å². The molecule has 0 radical (unpaired) electrons. The molecule has 7 heteroatoms. The van der Waals surface area contributed by atoms with Crippen molar-refractivity contribution < 1.29 is 14.3 Å². The lowest BCUT2D eigenvalue weighted by atomic mass is 10.0. The second-order valence-electron chi connectivity index (χ2n) is 7.81. The lowest BCUT2D eigenvalue weighted by Gasteiger charge is -2.09. The van der Waals surface area contributed by atoms with E-state index in [1.165, 1.54) is 10.9 Å². The standard InChI is InChI=1S/C27H24N4O3/c28-16-19-8-10-20(11-9-19)21-12-14-23(15-13-21)34-18-27(33)31-30-26(32)7-3-4-22-17-29-25-6-2-1-5-24(22)25/h1-2,5-6,8-15,17,29H,3-4,7,18H2,(H,30,32)(H,31,33). The van der Waals surface area contributed by atoms with Crippen LogP contribution in [0.4, 0.5) is 0 Å². The Morgan fingerprint density at radius 3 is 2.29 bits per heavy atom. The van der Waals surface area contributed by atoms with Gasteiger partial charge in [0.2, 0.25) is 5.91 Å². The fourth-order valence-electron chi connectivity index (χ4n) is 3.65. The number of amides is 2. The maximum Gasteiger partial charge on any atom is 0.276 e. The Hall–Kier alpha value is -4.57. The van der Waals surface area contributed by atoms with Crippen LogP contribution in [0.5, 0.6) is 5.75 Å². The summed E-state index contributed by atoms with van der Waals surface area (Å²) in [5.74, 6) is -0.154. The second-order valence-corrected chi connectivity index (χ2v) is 7.81. The summed E-state index contributed by atoms with van der Waals surface area (Å²) in [5.41, 5.74) is 9.62. The molecule has 34 heavy (non-hydrogen) atoms. The number of rotatable bonds is 8. The van der Waals surface area contributed by atoms with Gasteiger partial charge in [0.25, 0.3) is 5.91 Å². The van der Waals surface area contributed by atoms with Crippen LogP contribution >= 0.6 is 0 Å². The number of aryl methyl sites for hydroxylation is 1. The third kappa shape index (κ3) is 5.81. The van der Waals surface area contributed by atoms with Gasteiger partial charge in [0.1, 0.15) is 5.75 Å². The van der Waals surface area contributed by atoms with Crippen molar-refractivity contribution in [2.75, 3.05) is 6.61 Å². The summed E-state index contributed by atoms with van der Waals surface area (Å²) in [4.78, 5) is 27.3. The quantitative estimate of drug-likeness (QED) is 0.347. The summed E-state index contributed by atoms with van der Waals surface area (Å²) in [6, 6.07) is 24.7. The summed E-state index contributed by atoms with van der Waals surface area (Å²) in [6.45, 7) is -0.216. The number of nitrogens with zero attached hydrogens (tertiary/aromatic N) is 1. The van der Waals surface area contributed by atoms with E-state index in [9.17, 15) is 9.59 Å². The number of hydrazine groups is 1. The molecule has 0 saturated carbocycles. The van der Waals surface area contributed by atoms with E-state index in [-0.39, 0.29) is 12.5 Å². The number of hydrogen-bond donors (Lipinski definition) is 3. The van der Waals surface area contributed by atoms with Crippen molar-refractivity contribution in [1.82, 2.24) is 15.8 Å². The van der Waals surface area contributed by atoms with Crippen molar-refractivity contribution in [3.63, 3.8) is 0 Å². The first-order valence-electron chi connectivity index (χ1n) is 11.0. The molecule has 2 amide bonds. The lowest BCUT2D eigenvalue weighted by molar-refractivity contribution is -0.130. The van der Waals surface area contributed by atoms with Crippen LogP contribution in [0.2, 0.25) is 0 Å². The Morgan fingerprint density at radius 1 is 0.882 bits per heavy atom. The first-order valence-corrected chi connectivity index (χ1v) is 11.0. The average Bonchev–Trinajstić information content (AvgIpc) is 3.30. The minimum Gasteiger partial charge on any atom is -0.484 e. The van der Waals surface area contributed by atoms with E-state index < -0.39 is 5.91 Å². The Morgan fingerprint density at radius 2 is 1.56 bits per heavy atom. The van der Waals surface area contributed by atoms with Crippen LogP contribution in [0.15, 0.2) is 79.0 Å². The van der Waals surface area contributed by atoms with Crippen molar-refractivity contribution in [2.45, 2.75) is 19.3 Å². The molecule has 0 atom stereocenters. The predicted molar refractivity (Wildman–Crippen MR) is 130 cm³/mol. The van der Waals surface area contributed by atoms with Gasteiger partial charge < -0.3 is 9.72 Å². The molecule has 4 rings (SSSR count). The summed E-state index contributed by atoms with van der Waals surface area (Å²) < 4.78 is 5.49. The highest BCUT2D eigenvalue weighted by Crippen LogP contribution is 2.23. The zero-order valence-corrected chi connectivity index (χ0v) is 18.5. The first kappa shape index (κ1) is 22.6. The molecule has 0 fully saturated rings. The van der Waals surface area contributed by atoms with Crippen molar-refractivity contribution in [2.24, 2.45) is 0 Å². The molecule has 0 aliphatic heterocycles. The third-order valence-corrected chi connectivity index (χ3v) is 5.44. The number of benzene rings is 3. The number of fused-ring (bicyclic) bond motifs is 1. The second kappa shape index (κ2) is 10.8. The largest absolute Gasteiger partial charge is 0.484 e. The first-order chi connectivity index (χ1) is 16.6. The molecule has 0 spiro atoms. The van der Waals surface area contributed by atoms with Crippen LogP contribution in [-0.2, 0) is 16.0 Å². The van der Waals surface area contributed by atoms with Gasteiger partial charge in [-0.1, -0.05) is 42.5 Å². The van der Waals surface area contributed by atoms with E-state index in [1.807, 2.05) is 48.7 Å². The van der Waals surface area contributed by atoms with Crippen molar-refractivity contribution in [3.05, 3.63) is 90.1 Å². The van der Waals surface area contributed by atoms with Crippen LogP contribution in [0.25, 0.3) is 22.0 Å². The number of nitrogens with one attached hydrogen (secondary N) is 3. The van der Waals surface area contributed by atoms with E-state index in [0.717, 1.165) is 23.1 Å². The number of para-hydroxylation sites is 1. The summed E-state index contributed by atoms with van der Waals surface area (Å²) >= 11 is 0. The number of ether oxygens (including phenoxy) is 1. The van der Waals surface area contributed by atoms with E-state index in [2.05, 4.69) is 28.0 Å². The number of carbonyl (C=O) groups excluding carboxylic acids is 2. The maximum absolute atomic E-state index is 12.0. The highest BCUT2D eigenvalue weighted by Gasteiger charge is 2.08. The van der Waals surface area contributed by atoms with E-state index >= 15 is 0 Å². The van der Waals surface area contributed by atoms with Crippen LogP contribution in [0.3, 0.4) is 0 Å². The Kier molecular flexibility index (Phi) is 7.21. The SMILES string of the molecule is N#Cc1ccc(-c2ccc(OCC(=O)NNC(=O)CCCc3c[nH]c4ccccc34)cc2)cc1. The van der Waals surface area contributed by atoms with Gasteiger partial charge in [0.15, 0.2) is 6.61 Å². The fourth-order valence-corrected chi connectivity index (χ4v) is 3.65. The molecule has 4 aromatic rings. The minimum atomic E-state index is -0.443. The van der Waals surface area contributed by atoms with Gasteiger partial charge >= 0.3 is 0 Å². The van der Waals surface area contributed by atoms with Crippen molar-refractivity contribution in [3.8, 4) is 22.9 Å². The van der Waals surface area contributed by atoms with Crippen molar-refractivity contribution >= 4 is 22.7 Å². The van der Waals surface area contributed by atoms with E-state index in [0.29, 0.717) is 24.2 Å². The molecule has 170 valence electrons. The fraction of sp³-hybridized carbons (Fsp3) is 0.148. The zero-order chi connectivity index (χ0) is 23.8. The van der Waals surface area contributed by atoms with Crippen LogP contribution in [0, 0.1) is 11.3 Å². The van der Waals surface area contributed by atoms with E-state index in [4.69, 9.17) is 10.00 Å². The smallest absolute Gasteiger partial charge is 0.276 e. The summed E-state index contributed by atoms with van der Waals surface area (Å²) in [7, 11) is 0. The number of carbonyl (C=O) groups is 2. The molecule has 1 aromatic heterocycles. The van der Waals surface area contributed by atoms with Crippen LogP contribution < -0.4 is 15.6 Å². The lowest BCUT2D eigenvalue weighted by Crippen LogP contribution is -2.43. The normalized spacial score (nSPS) is 10.4. The predicted octanol–water partition coefficient (Wildman–Crippen LogP) is 4.26. The summed E-state index contributed by atoms with van der Waals surface area (Å²) in [6.07, 6.45) is 3.72. The number of nitriles is 1. The Labute approximate surface area is 197 Å². The topological polar surface area (TPSA) is 107 Å². The average molecular weight is 453 g/mol. The molecule has 0 bridgehead atoms. The molecule has 0 aliphatic carbocycles. The van der Waals surface area contributed by atoms with Gasteiger partial charge in [-0.3, -0.25) is 20.4 Å². The van der Waals surface area contributed by atoms with Crippen LogP contribution in [-0.4, -0.2) is 23.4 Å². The molecule has 7 nitrogen and oxygen atoms in total. The number of aromatic amines is 1. The Balaban J connectivity index is 1.16. The van der Waals surface area contributed by atoms with Gasteiger partial charge in [0, 0.05) is 23.5 Å². The zero-order valence-electron chi connectivity index (χ0n) is 18.5. The monoisotopic (exact) mass is 452 g/mol. The van der Waals surface area contributed by atoms with Crippen LogP contribution in [0.1, 0.15) is 24.0 Å². The minimum absolute atomic E-state index is 0.216. The number of hydrogen-bond acceptors (Lipinski definition) is 4. The molecule has 0 saturated heterocycles. The van der Waals surface area contributed by atoms with Gasteiger partial charge in [0.05, 0.1) is 11.6 Å². The summed E-state index contributed by atoms with van der Waals surface area (Å²) in [5, 5.41) is 10.1. The highest BCUT2D eigenvalue weighted by molar-refractivity contribution is 5.84. The Bertz CT molecular complexity index is 1320. The molecule has 3 aromatic carbocycles. The van der Waals surface area contributed by atoms with Gasteiger partial charge in [-0.05, 0) is 59.9 Å². The third-order valence-electron chi connectivity index (χ3n) is 5.44. The molecular weight excluding hydrogens is 428 g/mol.